The Morgan fingerprint density at radius 2 is 2.24 bits per heavy atom. The SMILES string of the molecule is N#Cc1cccc(C(=O)Nc2ccn3c2CSC3c2cccnc2)c1. The van der Waals surface area contributed by atoms with Crippen LogP contribution in [0.4, 0.5) is 5.69 Å². The summed E-state index contributed by atoms with van der Waals surface area (Å²) in [4.78, 5) is 16.7. The molecule has 1 aromatic carbocycles. The van der Waals surface area contributed by atoms with Crippen molar-refractivity contribution in [2.75, 3.05) is 5.32 Å². The molecule has 0 saturated heterocycles. The lowest BCUT2D eigenvalue weighted by Crippen LogP contribution is -2.13. The van der Waals surface area contributed by atoms with Crippen LogP contribution in [-0.4, -0.2) is 15.5 Å². The molecule has 25 heavy (non-hydrogen) atoms. The van der Waals surface area contributed by atoms with Gasteiger partial charge in [0.1, 0.15) is 5.37 Å². The molecule has 1 atom stereocenters. The zero-order valence-corrected chi connectivity index (χ0v) is 14.0. The molecule has 0 fully saturated rings. The van der Waals surface area contributed by atoms with Gasteiger partial charge < -0.3 is 9.88 Å². The van der Waals surface area contributed by atoms with E-state index in [1.54, 1.807) is 42.2 Å². The van der Waals surface area contributed by atoms with E-state index in [1.165, 1.54) is 0 Å². The zero-order chi connectivity index (χ0) is 17.2. The van der Waals surface area contributed by atoms with Gasteiger partial charge in [0.05, 0.1) is 23.0 Å². The zero-order valence-electron chi connectivity index (χ0n) is 13.2. The van der Waals surface area contributed by atoms with Gasteiger partial charge in [0.15, 0.2) is 0 Å². The summed E-state index contributed by atoms with van der Waals surface area (Å²) in [6.07, 6.45) is 5.63. The van der Waals surface area contributed by atoms with Gasteiger partial charge in [0.2, 0.25) is 0 Å². The molecule has 1 unspecified atom stereocenters. The van der Waals surface area contributed by atoms with Crippen molar-refractivity contribution in [2.24, 2.45) is 0 Å². The van der Waals surface area contributed by atoms with Crippen molar-refractivity contribution in [1.82, 2.24) is 9.55 Å². The summed E-state index contributed by atoms with van der Waals surface area (Å²) in [5.41, 5.74) is 3.99. The van der Waals surface area contributed by atoms with E-state index < -0.39 is 0 Å². The maximum Gasteiger partial charge on any atom is 0.255 e. The molecule has 0 radical (unpaired) electrons. The fourth-order valence-corrected chi connectivity index (χ4v) is 4.22. The first-order valence-corrected chi connectivity index (χ1v) is 8.84. The number of thioether (sulfide) groups is 1. The smallest absolute Gasteiger partial charge is 0.255 e. The number of nitrogens with one attached hydrogen (secondary N) is 1. The molecule has 1 aliphatic heterocycles. The highest BCUT2D eigenvalue weighted by atomic mass is 32.2. The highest BCUT2D eigenvalue weighted by Gasteiger charge is 2.27. The average Bonchev–Trinajstić information content (AvgIpc) is 3.25. The van der Waals surface area contributed by atoms with E-state index in [0.717, 1.165) is 22.7 Å². The van der Waals surface area contributed by atoms with Gasteiger partial charge in [-0.2, -0.15) is 5.26 Å². The molecule has 6 heteroatoms. The third-order valence-electron chi connectivity index (χ3n) is 4.13. The molecule has 1 amide bonds. The van der Waals surface area contributed by atoms with Crippen LogP contribution in [0.15, 0.2) is 61.1 Å². The number of pyridine rings is 1. The Kier molecular flexibility index (Phi) is 4.00. The fourth-order valence-electron chi connectivity index (χ4n) is 2.91. The largest absolute Gasteiger partial charge is 0.332 e. The number of anilines is 1. The second kappa shape index (κ2) is 6.46. The van der Waals surface area contributed by atoms with Crippen molar-refractivity contribution in [1.29, 1.82) is 5.26 Å². The number of nitrogens with zero attached hydrogens (tertiary/aromatic N) is 3. The Balaban J connectivity index is 1.58. The molecule has 1 N–H and O–H groups in total. The van der Waals surface area contributed by atoms with Gasteiger partial charge in [-0.3, -0.25) is 9.78 Å². The molecule has 3 heterocycles. The predicted molar refractivity (Wildman–Crippen MR) is 97.2 cm³/mol. The van der Waals surface area contributed by atoms with Crippen LogP contribution in [0.25, 0.3) is 0 Å². The van der Waals surface area contributed by atoms with Gasteiger partial charge in [-0.05, 0) is 30.3 Å². The summed E-state index contributed by atoms with van der Waals surface area (Å²) < 4.78 is 2.17. The standard InChI is InChI=1S/C19H14N4OS/c20-10-13-3-1-4-14(9-13)18(24)22-16-6-8-23-17(16)12-25-19(23)15-5-2-7-21-11-15/h1-9,11,19H,12H2,(H,22,24). The second-order valence-electron chi connectivity index (χ2n) is 5.68. The van der Waals surface area contributed by atoms with E-state index in [0.29, 0.717) is 11.1 Å². The second-order valence-corrected chi connectivity index (χ2v) is 6.75. The molecule has 0 spiro atoms. The number of carbonyl (C=O) groups excluding carboxylic acids is 1. The van der Waals surface area contributed by atoms with E-state index in [4.69, 9.17) is 5.26 Å². The summed E-state index contributed by atoms with van der Waals surface area (Å²) in [6.45, 7) is 0. The normalized spacial score (nSPS) is 15.4. The summed E-state index contributed by atoms with van der Waals surface area (Å²) in [5.74, 6) is 0.612. The lowest BCUT2D eigenvalue weighted by molar-refractivity contribution is 0.102. The minimum absolute atomic E-state index is 0.177. The Hall–Kier alpha value is -3.04. The highest BCUT2D eigenvalue weighted by Crippen LogP contribution is 2.43. The van der Waals surface area contributed by atoms with Gasteiger partial charge in [0.25, 0.3) is 5.91 Å². The first-order chi connectivity index (χ1) is 12.3. The van der Waals surface area contributed by atoms with Gasteiger partial charge in [0, 0.05) is 35.5 Å². The van der Waals surface area contributed by atoms with Crippen molar-refractivity contribution >= 4 is 23.4 Å². The lowest BCUT2D eigenvalue weighted by atomic mass is 10.1. The highest BCUT2D eigenvalue weighted by molar-refractivity contribution is 7.99. The van der Waals surface area contributed by atoms with Crippen LogP contribution in [0.5, 0.6) is 0 Å². The van der Waals surface area contributed by atoms with Crippen molar-refractivity contribution in [3.8, 4) is 6.07 Å². The van der Waals surface area contributed by atoms with Crippen LogP contribution in [0, 0.1) is 11.3 Å². The minimum atomic E-state index is -0.207. The van der Waals surface area contributed by atoms with Gasteiger partial charge >= 0.3 is 0 Å². The number of aromatic nitrogens is 2. The number of carbonyl (C=O) groups is 1. The van der Waals surface area contributed by atoms with E-state index in [-0.39, 0.29) is 11.3 Å². The molecule has 0 aliphatic carbocycles. The van der Waals surface area contributed by atoms with Crippen LogP contribution >= 0.6 is 11.8 Å². The van der Waals surface area contributed by atoms with Crippen molar-refractivity contribution in [3.05, 3.63) is 83.4 Å². The third kappa shape index (κ3) is 2.90. The lowest BCUT2D eigenvalue weighted by Gasteiger charge is -2.12. The summed E-state index contributed by atoms with van der Waals surface area (Å²) >= 11 is 1.80. The minimum Gasteiger partial charge on any atom is -0.332 e. The molecule has 0 saturated carbocycles. The first kappa shape index (κ1) is 15.5. The number of fused-ring (bicyclic) bond motifs is 1. The van der Waals surface area contributed by atoms with Crippen molar-refractivity contribution < 1.29 is 4.79 Å². The van der Waals surface area contributed by atoms with Gasteiger partial charge in [-0.1, -0.05) is 12.1 Å². The number of nitriles is 1. The number of hydrogen-bond acceptors (Lipinski definition) is 4. The van der Waals surface area contributed by atoms with Crippen LogP contribution < -0.4 is 5.32 Å². The summed E-state index contributed by atoms with van der Waals surface area (Å²) in [6, 6.07) is 14.7. The predicted octanol–water partition coefficient (Wildman–Crippen LogP) is 3.80. The van der Waals surface area contributed by atoms with Gasteiger partial charge in [-0.25, -0.2) is 0 Å². The molecule has 5 nitrogen and oxygen atoms in total. The molecule has 2 aromatic heterocycles. The van der Waals surface area contributed by atoms with E-state index in [9.17, 15) is 4.79 Å². The Morgan fingerprint density at radius 3 is 3.04 bits per heavy atom. The number of hydrogen-bond donors (Lipinski definition) is 1. The Bertz CT molecular complexity index is 975. The first-order valence-electron chi connectivity index (χ1n) is 7.79. The van der Waals surface area contributed by atoms with E-state index in [1.807, 2.05) is 24.5 Å². The Labute approximate surface area is 149 Å². The summed E-state index contributed by atoms with van der Waals surface area (Å²) in [7, 11) is 0. The van der Waals surface area contributed by atoms with Crippen molar-refractivity contribution in [2.45, 2.75) is 11.1 Å². The van der Waals surface area contributed by atoms with Crippen LogP contribution in [0.2, 0.25) is 0 Å². The molecular formula is C19H14N4OS. The maximum absolute atomic E-state index is 12.5. The van der Waals surface area contributed by atoms with E-state index in [2.05, 4.69) is 27.0 Å². The fraction of sp³-hybridized carbons (Fsp3) is 0.105. The topological polar surface area (TPSA) is 70.7 Å². The number of rotatable bonds is 3. The third-order valence-corrected chi connectivity index (χ3v) is 5.38. The monoisotopic (exact) mass is 346 g/mol. The maximum atomic E-state index is 12.5. The average molecular weight is 346 g/mol. The molecule has 0 bridgehead atoms. The van der Waals surface area contributed by atoms with Crippen LogP contribution in [0.1, 0.15) is 32.6 Å². The molecule has 3 aromatic rings. The molecular weight excluding hydrogens is 332 g/mol. The quantitative estimate of drug-likeness (QED) is 0.783. The summed E-state index contributed by atoms with van der Waals surface area (Å²) in [5, 5.41) is 12.1. The molecule has 4 rings (SSSR count). The van der Waals surface area contributed by atoms with Crippen LogP contribution in [-0.2, 0) is 5.75 Å². The van der Waals surface area contributed by atoms with Crippen LogP contribution in [0.3, 0.4) is 0 Å². The number of benzene rings is 1. The Morgan fingerprint density at radius 1 is 1.32 bits per heavy atom. The van der Waals surface area contributed by atoms with Gasteiger partial charge in [-0.15, -0.1) is 11.8 Å². The number of amides is 1. The van der Waals surface area contributed by atoms with Crippen molar-refractivity contribution in [3.63, 3.8) is 0 Å². The molecule has 122 valence electrons. The molecule has 1 aliphatic rings. The van der Waals surface area contributed by atoms with E-state index >= 15 is 0 Å².